The number of thiazole rings is 1. The molecule has 22 heavy (non-hydrogen) atoms. The standard InChI is InChI=1S/C18H25N3S/c1-13(2)16-5-7-17(8-6-16)20-11-14(3)21(15(4)12-20)18-19-9-10-22-18/h5-10,13-15H,11-12H2,1-4H3. The molecule has 0 N–H and O–H groups in total. The SMILES string of the molecule is CC(C)c1ccc(N2CC(C)N(c3nccs3)C(C)C2)cc1. The Morgan fingerprint density at radius 3 is 2.23 bits per heavy atom. The molecular formula is C18H25N3S. The molecule has 0 radical (unpaired) electrons. The number of nitrogens with zero attached hydrogens (tertiary/aromatic N) is 3. The number of rotatable bonds is 3. The van der Waals surface area contributed by atoms with Crippen molar-refractivity contribution in [2.45, 2.75) is 45.7 Å². The van der Waals surface area contributed by atoms with Gasteiger partial charge in [-0.25, -0.2) is 4.98 Å². The third kappa shape index (κ3) is 2.98. The maximum atomic E-state index is 4.50. The molecule has 4 heteroatoms. The number of aromatic nitrogens is 1. The molecular weight excluding hydrogens is 290 g/mol. The van der Waals surface area contributed by atoms with Gasteiger partial charge in [0.25, 0.3) is 0 Å². The fraction of sp³-hybridized carbons (Fsp3) is 0.500. The summed E-state index contributed by atoms with van der Waals surface area (Å²) in [5, 5.41) is 3.21. The lowest BCUT2D eigenvalue weighted by Gasteiger charge is -2.45. The average molecular weight is 315 g/mol. The molecule has 2 atom stereocenters. The van der Waals surface area contributed by atoms with Crippen LogP contribution in [0.2, 0.25) is 0 Å². The first-order chi connectivity index (χ1) is 10.6. The van der Waals surface area contributed by atoms with E-state index in [9.17, 15) is 0 Å². The van der Waals surface area contributed by atoms with Crippen molar-refractivity contribution in [3.05, 3.63) is 41.4 Å². The van der Waals surface area contributed by atoms with E-state index in [1.807, 2.05) is 6.20 Å². The smallest absolute Gasteiger partial charge is 0.185 e. The van der Waals surface area contributed by atoms with Crippen LogP contribution in [0.4, 0.5) is 10.8 Å². The first-order valence-corrected chi connectivity index (χ1v) is 8.97. The van der Waals surface area contributed by atoms with Crippen LogP contribution in [-0.2, 0) is 0 Å². The fourth-order valence-electron chi connectivity index (χ4n) is 3.32. The summed E-state index contributed by atoms with van der Waals surface area (Å²) in [5.41, 5.74) is 2.74. The zero-order chi connectivity index (χ0) is 15.7. The van der Waals surface area contributed by atoms with E-state index in [1.165, 1.54) is 11.3 Å². The number of piperazine rings is 1. The molecule has 0 aliphatic carbocycles. The maximum Gasteiger partial charge on any atom is 0.185 e. The van der Waals surface area contributed by atoms with Crippen molar-refractivity contribution in [3.63, 3.8) is 0 Å². The highest BCUT2D eigenvalue weighted by molar-refractivity contribution is 7.13. The van der Waals surface area contributed by atoms with Gasteiger partial charge in [0.1, 0.15) is 0 Å². The molecule has 2 unspecified atom stereocenters. The minimum atomic E-state index is 0.472. The lowest BCUT2D eigenvalue weighted by atomic mass is 10.0. The highest BCUT2D eigenvalue weighted by Gasteiger charge is 2.30. The van der Waals surface area contributed by atoms with E-state index >= 15 is 0 Å². The molecule has 1 aliphatic rings. The molecule has 1 fully saturated rings. The van der Waals surface area contributed by atoms with Gasteiger partial charge in [0.15, 0.2) is 5.13 Å². The van der Waals surface area contributed by atoms with Gasteiger partial charge in [0.05, 0.1) is 0 Å². The van der Waals surface area contributed by atoms with Gasteiger partial charge in [-0.05, 0) is 37.5 Å². The molecule has 2 heterocycles. The average Bonchev–Trinajstić information content (AvgIpc) is 3.00. The maximum absolute atomic E-state index is 4.50. The lowest BCUT2D eigenvalue weighted by molar-refractivity contribution is 0.474. The Bertz CT molecular complexity index is 579. The predicted octanol–water partition coefficient (Wildman–Crippen LogP) is 4.37. The first kappa shape index (κ1) is 15.3. The molecule has 0 saturated carbocycles. The summed E-state index contributed by atoms with van der Waals surface area (Å²) in [6, 6.07) is 10.0. The molecule has 3 nitrogen and oxygen atoms in total. The quantitative estimate of drug-likeness (QED) is 0.838. The number of hydrogen-bond acceptors (Lipinski definition) is 4. The second-order valence-corrected chi connectivity index (χ2v) is 7.44. The largest absolute Gasteiger partial charge is 0.367 e. The molecule has 1 aromatic heterocycles. The summed E-state index contributed by atoms with van der Waals surface area (Å²) in [5.74, 6) is 0.591. The van der Waals surface area contributed by atoms with Crippen molar-refractivity contribution < 1.29 is 0 Å². The Morgan fingerprint density at radius 2 is 1.73 bits per heavy atom. The number of benzene rings is 1. The number of anilines is 2. The summed E-state index contributed by atoms with van der Waals surface area (Å²) in [6.45, 7) is 11.2. The van der Waals surface area contributed by atoms with E-state index in [4.69, 9.17) is 0 Å². The van der Waals surface area contributed by atoms with Gasteiger partial charge >= 0.3 is 0 Å². The van der Waals surface area contributed by atoms with E-state index < -0.39 is 0 Å². The molecule has 0 amide bonds. The first-order valence-electron chi connectivity index (χ1n) is 8.09. The molecule has 118 valence electrons. The molecule has 1 saturated heterocycles. The highest BCUT2D eigenvalue weighted by Crippen LogP contribution is 2.29. The minimum absolute atomic E-state index is 0.472. The second-order valence-electron chi connectivity index (χ2n) is 6.57. The third-order valence-electron chi connectivity index (χ3n) is 4.48. The van der Waals surface area contributed by atoms with Crippen molar-refractivity contribution in [1.29, 1.82) is 0 Å². The van der Waals surface area contributed by atoms with Gasteiger partial charge in [-0.15, -0.1) is 11.3 Å². The van der Waals surface area contributed by atoms with E-state index in [0.29, 0.717) is 18.0 Å². The van der Waals surface area contributed by atoms with Crippen LogP contribution in [0.1, 0.15) is 39.2 Å². The fourth-order valence-corrected chi connectivity index (χ4v) is 4.17. The van der Waals surface area contributed by atoms with E-state index in [1.54, 1.807) is 11.3 Å². The van der Waals surface area contributed by atoms with Crippen molar-refractivity contribution in [3.8, 4) is 0 Å². The Labute approximate surface area is 137 Å². The van der Waals surface area contributed by atoms with Gasteiger partial charge in [0, 0.05) is 42.4 Å². The van der Waals surface area contributed by atoms with Gasteiger partial charge in [-0.2, -0.15) is 0 Å². The highest BCUT2D eigenvalue weighted by atomic mass is 32.1. The van der Waals surface area contributed by atoms with Crippen LogP contribution < -0.4 is 9.80 Å². The van der Waals surface area contributed by atoms with Crippen molar-refractivity contribution in [2.24, 2.45) is 0 Å². The topological polar surface area (TPSA) is 19.4 Å². The molecule has 1 aromatic carbocycles. The Balaban J connectivity index is 1.75. The summed E-state index contributed by atoms with van der Waals surface area (Å²) < 4.78 is 0. The van der Waals surface area contributed by atoms with Crippen LogP contribution in [0.5, 0.6) is 0 Å². The predicted molar refractivity (Wildman–Crippen MR) is 96.3 cm³/mol. The van der Waals surface area contributed by atoms with Gasteiger partial charge in [-0.1, -0.05) is 26.0 Å². The third-order valence-corrected chi connectivity index (χ3v) is 5.27. The van der Waals surface area contributed by atoms with Gasteiger partial charge in [0.2, 0.25) is 0 Å². The van der Waals surface area contributed by atoms with Crippen LogP contribution in [0.25, 0.3) is 0 Å². The summed E-state index contributed by atoms with van der Waals surface area (Å²) in [7, 11) is 0. The number of hydrogen-bond donors (Lipinski definition) is 0. The Morgan fingerprint density at radius 1 is 1.09 bits per heavy atom. The van der Waals surface area contributed by atoms with Crippen LogP contribution in [0.3, 0.4) is 0 Å². The summed E-state index contributed by atoms with van der Waals surface area (Å²) >= 11 is 1.74. The van der Waals surface area contributed by atoms with Gasteiger partial charge in [-0.3, -0.25) is 0 Å². The van der Waals surface area contributed by atoms with Crippen molar-refractivity contribution in [1.82, 2.24) is 4.98 Å². The molecule has 2 aromatic rings. The second kappa shape index (κ2) is 6.29. The van der Waals surface area contributed by atoms with Crippen LogP contribution in [0.15, 0.2) is 35.8 Å². The zero-order valence-electron chi connectivity index (χ0n) is 13.9. The van der Waals surface area contributed by atoms with E-state index in [-0.39, 0.29) is 0 Å². The Hall–Kier alpha value is -1.55. The zero-order valence-corrected chi connectivity index (χ0v) is 14.7. The molecule has 3 rings (SSSR count). The van der Waals surface area contributed by atoms with Gasteiger partial charge < -0.3 is 9.80 Å². The van der Waals surface area contributed by atoms with Crippen LogP contribution in [-0.4, -0.2) is 30.2 Å². The monoisotopic (exact) mass is 315 g/mol. The lowest BCUT2D eigenvalue weighted by Crippen LogP contribution is -2.57. The molecule has 0 spiro atoms. The molecule has 1 aliphatic heterocycles. The minimum Gasteiger partial charge on any atom is -0.367 e. The van der Waals surface area contributed by atoms with Crippen molar-refractivity contribution in [2.75, 3.05) is 22.9 Å². The van der Waals surface area contributed by atoms with Crippen LogP contribution in [0, 0.1) is 0 Å². The van der Waals surface area contributed by atoms with E-state index in [0.717, 1.165) is 18.2 Å². The van der Waals surface area contributed by atoms with Crippen LogP contribution >= 0.6 is 11.3 Å². The Kier molecular flexibility index (Phi) is 4.39. The van der Waals surface area contributed by atoms with Crippen molar-refractivity contribution >= 4 is 22.2 Å². The van der Waals surface area contributed by atoms with E-state index in [2.05, 4.69) is 72.1 Å². The molecule has 0 bridgehead atoms. The summed E-state index contributed by atoms with van der Waals surface area (Å²) in [4.78, 5) is 9.46. The summed E-state index contributed by atoms with van der Waals surface area (Å²) in [6.07, 6.45) is 1.90. The normalized spacial score (nSPS) is 22.4.